The summed E-state index contributed by atoms with van der Waals surface area (Å²) in [5.74, 6) is 0.733. The van der Waals surface area contributed by atoms with Gasteiger partial charge in [-0.1, -0.05) is 22.5 Å². The Morgan fingerprint density at radius 1 is 1.04 bits per heavy atom. The number of hydrogen-bond acceptors (Lipinski definition) is 8. The van der Waals surface area contributed by atoms with Crippen LogP contribution in [-0.4, -0.2) is 40.5 Å². The molecular weight excluding hydrogens is 326 g/mol. The van der Waals surface area contributed by atoms with Gasteiger partial charge in [0.05, 0.1) is 12.1 Å². The molecule has 9 heteroatoms. The summed E-state index contributed by atoms with van der Waals surface area (Å²) in [5.41, 5.74) is 3.15. The predicted molar refractivity (Wildman–Crippen MR) is 85.7 cm³/mol. The van der Waals surface area contributed by atoms with Crippen molar-refractivity contribution in [1.82, 2.24) is 25.1 Å². The highest BCUT2D eigenvalue weighted by Gasteiger charge is 2.14. The van der Waals surface area contributed by atoms with Crippen molar-refractivity contribution in [3.8, 4) is 22.8 Å². The van der Waals surface area contributed by atoms with Gasteiger partial charge >= 0.3 is 0 Å². The van der Waals surface area contributed by atoms with Crippen LogP contribution in [0.3, 0.4) is 0 Å². The summed E-state index contributed by atoms with van der Waals surface area (Å²) in [5, 5.41) is 39.1. The van der Waals surface area contributed by atoms with E-state index >= 15 is 0 Å². The van der Waals surface area contributed by atoms with E-state index in [0.717, 1.165) is 15.8 Å². The number of nitrogens with zero attached hydrogens (tertiary/aromatic N) is 5. The standard InChI is InChI=1S/C16H13N5O4/c22-8-9-1-3-10(4-2-9)15-17-14(19-25-15)11-5-6-13-12(7-11)18-20-21(13)16(23)24/h1-7,16,22-24H,8H2. The first-order chi connectivity index (χ1) is 12.2. The maximum atomic E-state index is 9.22. The Kier molecular flexibility index (Phi) is 3.73. The van der Waals surface area contributed by atoms with Gasteiger partial charge in [-0.2, -0.15) is 9.67 Å². The predicted octanol–water partition coefficient (Wildman–Crippen LogP) is 1.08. The van der Waals surface area contributed by atoms with E-state index in [1.165, 1.54) is 0 Å². The minimum absolute atomic E-state index is 0.0292. The third-order valence-corrected chi connectivity index (χ3v) is 3.76. The molecule has 0 spiro atoms. The van der Waals surface area contributed by atoms with E-state index in [4.69, 9.17) is 9.63 Å². The molecule has 0 aliphatic heterocycles. The van der Waals surface area contributed by atoms with Gasteiger partial charge in [-0.15, -0.1) is 5.10 Å². The Balaban J connectivity index is 1.68. The summed E-state index contributed by atoms with van der Waals surface area (Å²) >= 11 is 0. The molecule has 0 aliphatic carbocycles. The fourth-order valence-corrected chi connectivity index (χ4v) is 2.46. The molecule has 4 aromatic rings. The van der Waals surface area contributed by atoms with Crippen LogP contribution in [0.2, 0.25) is 0 Å². The minimum atomic E-state index is -1.76. The molecule has 9 nitrogen and oxygen atoms in total. The third-order valence-electron chi connectivity index (χ3n) is 3.76. The SMILES string of the molecule is OCc1ccc(-c2nc(-c3ccc4c(c3)nnn4C(O)O)no2)cc1. The van der Waals surface area contributed by atoms with Gasteiger partial charge in [0.1, 0.15) is 5.52 Å². The van der Waals surface area contributed by atoms with Gasteiger partial charge in [0.15, 0.2) is 0 Å². The van der Waals surface area contributed by atoms with E-state index in [1.807, 2.05) is 0 Å². The third kappa shape index (κ3) is 2.76. The maximum absolute atomic E-state index is 9.22. The van der Waals surface area contributed by atoms with Crippen molar-refractivity contribution >= 4 is 11.0 Å². The molecule has 0 atom stereocenters. The van der Waals surface area contributed by atoms with Crippen molar-refractivity contribution in [2.45, 2.75) is 13.0 Å². The van der Waals surface area contributed by atoms with Crippen molar-refractivity contribution in [3.05, 3.63) is 48.0 Å². The summed E-state index contributed by atoms with van der Waals surface area (Å²) in [6.07, 6.45) is -1.76. The highest BCUT2D eigenvalue weighted by atomic mass is 16.5. The maximum Gasteiger partial charge on any atom is 0.258 e. The molecule has 0 amide bonds. The first-order valence-electron chi connectivity index (χ1n) is 7.41. The van der Waals surface area contributed by atoms with E-state index in [1.54, 1.807) is 42.5 Å². The second-order valence-corrected chi connectivity index (χ2v) is 5.36. The van der Waals surface area contributed by atoms with Crippen LogP contribution in [0.25, 0.3) is 33.9 Å². The van der Waals surface area contributed by atoms with Gasteiger partial charge in [-0.05, 0) is 35.9 Å². The van der Waals surface area contributed by atoms with Crippen LogP contribution >= 0.6 is 0 Å². The van der Waals surface area contributed by atoms with Crippen molar-refractivity contribution in [3.63, 3.8) is 0 Å². The van der Waals surface area contributed by atoms with Gasteiger partial charge in [0, 0.05) is 11.1 Å². The average molecular weight is 339 g/mol. The van der Waals surface area contributed by atoms with Crippen LogP contribution in [0, 0.1) is 0 Å². The molecule has 0 radical (unpaired) electrons. The van der Waals surface area contributed by atoms with Crippen LogP contribution in [0.5, 0.6) is 0 Å². The molecule has 0 fully saturated rings. The zero-order chi connectivity index (χ0) is 17.4. The molecule has 0 saturated carbocycles. The van der Waals surface area contributed by atoms with E-state index < -0.39 is 6.41 Å². The van der Waals surface area contributed by atoms with Crippen LogP contribution in [0.1, 0.15) is 12.0 Å². The Hall–Kier alpha value is -3.14. The highest BCUT2D eigenvalue weighted by molar-refractivity contribution is 5.80. The molecular formula is C16H13N5O4. The summed E-state index contributed by atoms with van der Waals surface area (Å²) in [6.45, 7) is -0.0292. The lowest BCUT2D eigenvalue weighted by Crippen LogP contribution is -2.08. The highest BCUT2D eigenvalue weighted by Crippen LogP contribution is 2.25. The second-order valence-electron chi connectivity index (χ2n) is 5.36. The van der Waals surface area contributed by atoms with Gasteiger partial charge in [-0.25, -0.2) is 0 Å². The van der Waals surface area contributed by atoms with Crippen LogP contribution in [0.4, 0.5) is 0 Å². The van der Waals surface area contributed by atoms with Gasteiger partial charge < -0.3 is 19.8 Å². The number of hydrogen-bond donors (Lipinski definition) is 3. The van der Waals surface area contributed by atoms with Crippen LogP contribution in [-0.2, 0) is 6.61 Å². The largest absolute Gasteiger partial charge is 0.392 e. The molecule has 126 valence electrons. The van der Waals surface area contributed by atoms with E-state index in [9.17, 15) is 10.2 Å². The lowest BCUT2D eigenvalue weighted by molar-refractivity contribution is -0.108. The van der Waals surface area contributed by atoms with Crippen molar-refractivity contribution in [1.29, 1.82) is 0 Å². The molecule has 2 aromatic heterocycles. The van der Waals surface area contributed by atoms with Crippen molar-refractivity contribution < 1.29 is 19.8 Å². The number of benzene rings is 2. The molecule has 2 aromatic carbocycles. The number of aliphatic hydroxyl groups is 3. The molecule has 0 unspecified atom stereocenters. The Labute approximate surface area is 140 Å². The second kappa shape index (κ2) is 6.06. The molecule has 0 bridgehead atoms. The summed E-state index contributed by atoms with van der Waals surface area (Å²) < 4.78 is 6.28. The Morgan fingerprint density at radius 2 is 1.80 bits per heavy atom. The van der Waals surface area contributed by atoms with Gasteiger partial charge in [0.2, 0.25) is 5.82 Å². The lowest BCUT2D eigenvalue weighted by Gasteiger charge is -2.02. The van der Waals surface area contributed by atoms with E-state index in [-0.39, 0.29) is 6.61 Å². The average Bonchev–Trinajstić information content (AvgIpc) is 3.28. The lowest BCUT2D eigenvalue weighted by atomic mass is 10.1. The summed E-state index contributed by atoms with van der Waals surface area (Å²) in [7, 11) is 0. The fraction of sp³-hybridized carbons (Fsp3) is 0.125. The normalized spacial score (nSPS) is 11.5. The Bertz CT molecular complexity index is 1020. The first-order valence-corrected chi connectivity index (χ1v) is 7.41. The molecule has 2 heterocycles. The summed E-state index contributed by atoms with van der Waals surface area (Å²) in [6, 6.07) is 12.2. The van der Waals surface area contributed by atoms with Gasteiger partial charge in [-0.3, -0.25) is 0 Å². The van der Waals surface area contributed by atoms with Crippen LogP contribution < -0.4 is 0 Å². The first kappa shape index (κ1) is 15.4. The zero-order valence-corrected chi connectivity index (χ0v) is 12.8. The van der Waals surface area contributed by atoms with E-state index in [2.05, 4.69) is 20.5 Å². The summed E-state index contributed by atoms with van der Waals surface area (Å²) in [4.78, 5) is 4.36. The zero-order valence-electron chi connectivity index (χ0n) is 12.8. The van der Waals surface area contributed by atoms with Crippen molar-refractivity contribution in [2.75, 3.05) is 0 Å². The van der Waals surface area contributed by atoms with Gasteiger partial charge in [0.25, 0.3) is 12.3 Å². The number of rotatable bonds is 4. The van der Waals surface area contributed by atoms with Crippen LogP contribution in [0.15, 0.2) is 47.0 Å². The smallest absolute Gasteiger partial charge is 0.258 e. The van der Waals surface area contributed by atoms with E-state index in [0.29, 0.717) is 28.3 Å². The molecule has 0 aliphatic rings. The monoisotopic (exact) mass is 339 g/mol. The van der Waals surface area contributed by atoms with Crippen molar-refractivity contribution in [2.24, 2.45) is 0 Å². The number of aliphatic hydroxyl groups excluding tert-OH is 2. The molecule has 3 N–H and O–H groups in total. The quantitative estimate of drug-likeness (QED) is 0.471. The molecule has 4 rings (SSSR count). The minimum Gasteiger partial charge on any atom is -0.392 e. The number of fused-ring (bicyclic) bond motifs is 1. The molecule has 25 heavy (non-hydrogen) atoms. The Morgan fingerprint density at radius 3 is 2.52 bits per heavy atom. The molecule has 0 saturated heterocycles. The fourth-order valence-electron chi connectivity index (χ4n) is 2.46. The number of aromatic nitrogens is 5. The topological polar surface area (TPSA) is 130 Å².